The minimum absolute atomic E-state index is 0.0448. The molecule has 2 aromatic heterocycles. The van der Waals surface area contributed by atoms with Gasteiger partial charge in [0.15, 0.2) is 15.6 Å². The number of aromatic nitrogens is 2. The number of hydrogen-bond donors (Lipinski definition) is 2. The van der Waals surface area contributed by atoms with Gasteiger partial charge in [-0.25, -0.2) is 13.4 Å². The Labute approximate surface area is 206 Å². The molecule has 4 rings (SSSR count). The summed E-state index contributed by atoms with van der Waals surface area (Å²) >= 11 is 0. The third kappa shape index (κ3) is 4.90. The summed E-state index contributed by atoms with van der Waals surface area (Å²) in [6.45, 7) is 8.71. The van der Waals surface area contributed by atoms with Crippen LogP contribution in [0, 0.1) is 6.92 Å². The van der Waals surface area contributed by atoms with E-state index in [1.807, 2.05) is 39.3 Å². The zero-order chi connectivity index (χ0) is 25.3. The Morgan fingerprint density at radius 2 is 2.00 bits per heavy atom. The van der Waals surface area contributed by atoms with E-state index in [0.717, 1.165) is 63.0 Å². The van der Waals surface area contributed by atoms with Crippen molar-refractivity contribution >= 4 is 37.5 Å². The first-order valence-electron chi connectivity index (χ1n) is 11.6. The summed E-state index contributed by atoms with van der Waals surface area (Å²) in [5.41, 5.74) is 5.87. The van der Waals surface area contributed by atoms with E-state index in [-0.39, 0.29) is 5.75 Å². The monoisotopic (exact) mass is 492 g/mol. The van der Waals surface area contributed by atoms with Crippen LogP contribution < -0.4 is 10.1 Å². The minimum Gasteiger partial charge on any atom is -0.492 e. The van der Waals surface area contributed by atoms with Gasteiger partial charge in [0.25, 0.3) is 0 Å². The molecule has 0 radical (unpaired) electrons. The van der Waals surface area contributed by atoms with E-state index in [4.69, 9.17) is 4.74 Å². The van der Waals surface area contributed by atoms with Gasteiger partial charge in [-0.05, 0) is 68.4 Å². The van der Waals surface area contributed by atoms with Crippen molar-refractivity contribution in [1.29, 1.82) is 0 Å². The summed E-state index contributed by atoms with van der Waals surface area (Å²) in [5.74, 6) is 0.700. The number of nitrogens with zero attached hydrogens (tertiary/aromatic N) is 2. The molecular weight excluding hydrogens is 460 g/mol. The summed E-state index contributed by atoms with van der Waals surface area (Å²) in [7, 11) is 2.33. The lowest BCUT2D eigenvalue weighted by atomic mass is 9.98. The van der Waals surface area contributed by atoms with Gasteiger partial charge in [-0.2, -0.15) is 0 Å². The largest absolute Gasteiger partial charge is 0.492 e. The summed E-state index contributed by atoms with van der Waals surface area (Å²) in [4.78, 5) is 10.4. The summed E-state index contributed by atoms with van der Waals surface area (Å²) < 4.78 is 31.1. The topological polar surface area (TPSA) is 87.3 Å². The van der Waals surface area contributed by atoms with Crippen molar-refractivity contribution < 1.29 is 13.2 Å². The Morgan fingerprint density at radius 1 is 1.23 bits per heavy atom. The quantitative estimate of drug-likeness (QED) is 0.327. The highest BCUT2D eigenvalue weighted by Crippen LogP contribution is 2.44. The molecule has 8 heteroatoms. The normalized spacial score (nSPS) is 11.9. The van der Waals surface area contributed by atoms with Crippen LogP contribution in [-0.4, -0.2) is 56.8 Å². The number of ether oxygens (including phenoxy) is 1. The van der Waals surface area contributed by atoms with E-state index in [2.05, 4.69) is 32.8 Å². The maximum Gasteiger partial charge on any atom is 0.178 e. The Bertz CT molecular complexity index is 1520. The molecule has 2 N–H and O–H groups in total. The van der Waals surface area contributed by atoms with Crippen LogP contribution in [0.3, 0.4) is 0 Å². The molecule has 0 aliphatic heterocycles. The third-order valence-corrected chi connectivity index (χ3v) is 7.81. The van der Waals surface area contributed by atoms with Crippen LogP contribution in [-0.2, 0) is 9.84 Å². The van der Waals surface area contributed by atoms with Gasteiger partial charge in [0.1, 0.15) is 5.65 Å². The number of rotatable bonds is 9. The van der Waals surface area contributed by atoms with Crippen LogP contribution in [0.2, 0.25) is 0 Å². The lowest BCUT2D eigenvalue weighted by molar-refractivity contribution is 0.412. The van der Waals surface area contributed by atoms with Gasteiger partial charge in [0, 0.05) is 29.2 Å². The first-order valence-corrected chi connectivity index (χ1v) is 13.2. The molecule has 0 unspecified atom stereocenters. The molecule has 184 valence electrons. The number of benzene rings is 2. The molecule has 0 spiro atoms. The van der Waals surface area contributed by atoms with E-state index in [1.165, 1.54) is 0 Å². The number of nitrogens with one attached hydrogen (secondary N) is 2. The second kappa shape index (κ2) is 9.71. The summed E-state index contributed by atoms with van der Waals surface area (Å²) in [5, 5.41) is 5.31. The Hall–Kier alpha value is -3.36. The maximum absolute atomic E-state index is 12.6. The Kier molecular flexibility index (Phi) is 6.87. The average Bonchev–Trinajstić information content (AvgIpc) is 3.20. The lowest BCUT2D eigenvalue weighted by Gasteiger charge is -2.18. The van der Waals surface area contributed by atoms with Crippen LogP contribution in [0.1, 0.15) is 18.9 Å². The number of sulfone groups is 1. The third-order valence-electron chi connectivity index (χ3n) is 6.08. The van der Waals surface area contributed by atoms with Gasteiger partial charge in [-0.15, -0.1) is 0 Å². The lowest BCUT2D eigenvalue weighted by Crippen LogP contribution is -2.15. The number of aryl methyl sites for hydroxylation is 1. The SMILES string of the molecule is C=C(CCN(C)C)Nc1cc(-c2cccc(S(=O)(=O)CC)c2)c2c([nH]c3ncc(C)cc32)c1OC. The van der Waals surface area contributed by atoms with Crippen LogP contribution in [0.15, 0.2) is 59.8 Å². The highest BCUT2D eigenvalue weighted by Gasteiger charge is 2.21. The van der Waals surface area contributed by atoms with Gasteiger partial charge in [0.05, 0.1) is 29.0 Å². The van der Waals surface area contributed by atoms with Gasteiger partial charge in [0.2, 0.25) is 0 Å². The fourth-order valence-corrected chi connectivity index (χ4v) is 5.14. The Morgan fingerprint density at radius 3 is 2.69 bits per heavy atom. The van der Waals surface area contributed by atoms with E-state index in [1.54, 1.807) is 32.2 Å². The summed E-state index contributed by atoms with van der Waals surface area (Å²) in [6.07, 6.45) is 2.59. The molecule has 4 aromatic rings. The predicted octanol–water partition coefficient (Wildman–Crippen LogP) is 5.37. The zero-order valence-electron chi connectivity index (χ0n) is 20.9. The van der Waals surface area contributed by atoms with Crippen molar-refractivity contribution in [3.63, 3.8) is 0 Å². The molecule has 0 bridgehead atoms. The first-order chi connectivity index (χ1) is 16.6. The Balaban J connectivity index is 1.99. The zero-order valence-corrected chi connectivity index (χ0v) is 21.7. The van der Waals surface area contributed by atoms with Crippen molar-refractivity contribution in [2.24, 2.45) is 0 Å². The second-order valence-corrected chi connectivity index (χ2v) is 11.3. The van der Waals surface area contributed by atoms with Crippen molar-refractivity contribution in [2.75, 3.05) is 38.8 Å². The van der Waals surface area contributed by atoms with Crippen molar-refractivity contribution in [3.8, 4) is 16.9 Å². The molecule has 7 nitrogen and oxygen atoms in total. The smallest absolute Gasteiger partial charge is 0.178 e. The van der Waals surface area contributed by atoms with Crippen LogP contribution in [0.5, 0.6) is 5.75 Å². The summed E-state index contributed by atoms with van der Waals surface area (Å²) in [6, 6.07) is 11.2. The number of methoxy groups -OCH3 is 1. The highest BCUT2D eigenvalue weighted by molar-refractivity contribution is 7.91. The second-order valence-electron chi connectivity index (χ2n) is 9.00. The molecule has 0 saturated heterocycles. The minimum atomic E-state index is -3.35. The first kappa shape index (κ1) is 24.8. The standard InChI is InChI=1S/C27H32N4O3S/c1-7-35(32,33)20-10-8-9-19(14-20)21-15-23(29-18(3)11-12-31(4)5)26(34-6)25-24(21)22-13-17(2)16-28-27(22)30-25/h8-10,13-16,29H,3,7,11-12H2,1-2,4-6H3,(H,28,30). The van der Waals surface area contributed by atoms with E-state index in [9.17, 15) is 8.42 Å². The van der Waals surface area contributed by atoms with Crippen LogP contribution in [0.25, 0.3) is 33.1 Å². The van der Waals surface area contributed by atoms with Crippen molar-refractivity contribution in [1.82, 2.24) is 14.9 Å². The molecule has 0 amide bonds. The highest BCUT2D eigenvalue weighted by atomic mass is 32.2. The molecule has 0 atom stereocenters. The van der Waals surface area contributed by atoms with Crippen molar-refractivity contribution in [3.05, 3.63) is 60.4 Å². The molecule has 0 fully saturated rings. The van der Waals surface area contributed by atoms with Crippen LogP contribution >= 0.6 is 0 Å². The van der Waals surface area contributed by atoms with Gasteiger partial charge >= 0.3 is 0 Å². The fraction of sp³-hybridized carbons (Fsp3) is 0.296. The van der Waals surface area contributed by atoms with Gasteiger partial charge < -0.3 is 19.9 Å². The molecule has 35 heavy (non-hydrogen) atoms. The van der Waals surface area contributed by atoms with Gasteiger partial charge in [-0.1, -0.05) is 25.6 Å². The maximum atomic E-state index is 12.6. The van der Waals surface area contributed by atoms with E-state index in [0.29, 0.717) is 10.6 Å². The fourth-order valence-electron chi connectivity index (χ4n) is 4.21. The van der Waals surface area contributed by atoms with E-state index >= 15 is 0 Å². The molecule has 0 saturated carbocycles. The number of fused-ring (bicyclic) bond motifs is 3. The molecular formula is C27H32N4O3S. The predicted molar refractivity (Wildman–Crippen MR) is 144 cm³/mol. The number of aromatic amines is 1. The van der Waals surface area contributed by atoms with Gasteiger partial charge in [-0.3, -0.25) is 0 Å². The molecule has 0 aliphatic carbocycles. The van der Waals surface area contributed by atoms with Crippen molar-refractivity contribution in [2.45, 2.75) is 25.2 Å². The number of hydrogen-bond acceptors (Lipinski definition) is 6. The molecule has 2 aromatic carbocycles. The van der Waals surface area contributed by atoms with E-state index < -0.39 is 9.84 Å². The molecule has 0 aliphatic rings. The number of pyridine rings is 1. The number of H-pyrrole nitrogens is 1. The molecule has 2 heterocycles. The average molecular weight is 493 g/mol. The number of anilines is 1. The van der Waals surface area contributed by atoms with Crippen LogP contribution in [0.4, 0.5) is 5.69 Å².